The zero-order valence-electron chi connectivity index (χ0n) is 19.9. The van der Waals surface area contributed by atoms with Crippen molar-refractivity contribution in [2.45, 2.75) is 30.9 Å². The summed E-state index contributed by atoms with van der Waals surface area (Å²) in [6.07, 6.45) is 11.3. The van der Waals surface area contributed by atoms with E-state index in [1.165, 1.54) is 0 Å². The monoisotopic (exact) mass is 514 g/mol. The molecular formula is C28H26N4O2S2. The SMILES string of the molecule is CC12CC=C(Nc3ccnc4sc(C5=CCCCN(OC(=O)c6ccccc6)C5)cc34)C=C1N=CS2. The number of aromatic nitrogens is 1. The molecule has 0 bridgehead atoms. The number of carbonyl (C=O) groups excluding carboxylic acids is 1. The number of nitrogens with zero attached hydrogens (tertiary/aromatic N) is 3. The number of fused-ring (bicyclic) bond motifs is 2. The van der Waals surface area contributed by atoms with Crippen LogP contribution in [-0.4, -0.2) is 39.4 Å². The van der Waals surface area contributed by atoms with Gasteiger partial charge in [0.25, 0.3) is 0 Å². The molecule has 0 spiro atoms. The van der Waals surface area contributed by atoms with Crippen LogP contribution < -0.4 is 5.32 Å². The average Bonchev–Trinajstić information content (AvgIpc) is 3.42. The number of pyridine rings is 1. The first kappa shape index (κ1) is 23.2. The van der Waals surface area contributed by atoms with Crippen molar-refractivity contribution >= 4 is 56.1 Å². The van der Waals surface area contributed by atoms with Crippen LogP contribution in [0.5, 0.6) is 0 Å². The lowest BCUT2D eigenvalue weighted by Crippen LogP contribution is -2.29. The molecule has 3 aromatic rings. The average molecular weight is 515 g/mol. The molecule has 182 valence electrons. The first-order chi connectivity index (χ1) is 17.6. The zero-order chi connectivity index (χ0) is 24.5. The largest absolute Gasteiger partial charge is 0.364 e. The fourth-order valence-corrected chi connectivity index (χ4v) is 6.44. The van der Waals surface area contributed by atoms with Crippen LogP contribution in [0.1, 0.15) is 41.4 Å². The minimum Gasteiger partial charge on any atom is -0.364 e. The third kappa shape index (κ3) is 4.64. The number of rotatable bonds is 5. The number of thiophene rings is 1. The molecule has 2 aromatic heterocycles. The second kappa shape index (κ2) is 9.69. The van der Waals surface area contributed by atoms with Gasteiger partial charge >= 0.3 is 5.97 Å². The second-order valence-electron chi connectivity index (χ2n) is 9.27. The van der Waals surface area contributed by atoms with E-state index >= 15 is 0 Å². The molecule has 0 saturated heterocycles. The molecule has 1 aliphatic carbocycles. The molecule has 6 rings (SSSR count). The van der Waals surface area contributed by atoms with Crippen molar-refractivity contribution in [3.8, 4) is 0 Å². The number of hydrogen-bond acceptors (Lipinski definition) is 8. The maximum absolute atomic E-state index is 12.6. The summed E-state index contributed by atoms with van der Waals surface area (Å²) in [5.74, 6) is -0.322. The van der Waals surface area contributed by atoms with Gasteiger partial charge in [-0.1, -0.05) is 30.4 Å². The molecule has 1 N–H and O–H groups in total. The molecule has 0 fully saturated rings. The number of thioether (sulfide) groups is 1. The van der Waals surface area contributed by atoms with Gasteiger partial charge in [-0.2, -0.15) is 0 Å². The van der Waals surface area contributed by atoms with Gasteiger partial charge in [0.2, 0.25) is 0 Å². The number of carbonyl (C=O) groups is 1. The molecule has 0 radical (unpaired) electrons. The number of aliphatic imine (C=N–C) groups is 1. The smallest absolute Gasteiger partial charge is 0.357 e. The predicted molar refractivity (Wildman–Crippen MR) is 149 cm³/mol. The summed E-state index contributed by atoms with van der Waals surface area (Å²) in [6, 6.07) is 13.4. The topological polar surface area (TPSA) is 66.8 Å². The van der Waals surface area contributed by atoms with E-state index in [9.17, 15) is 4.79 Å². The number of hydrogen-bond donors (Lipinski definition) is 1. The van der Waals surface area contributed by atoms with Crippen LogP contribution in [-0.2, 0) is 4.84 Å². The van der Waals surface area contributed by atoms with Gasteiger partial charge in [-0.25, -0.2) is 9.78 Å². The summed E-state index contributed by atoms with van der Waals surface area (Å²) >= 11 is 3.45. The lowest BCUT2D eigenvalue weighted by atomic mass is 9.96. The molecule has 8 heteroatoms. The Morgan fingerprint density at radius 3 is 2.97 bits per heavy atom. The molecule has 1 unspecified atom stereocenters. The van der Waals surface area contributed by atoms with Crippen molar-refractivity contribution < 1.29 is 9.63 Å². The molecule has 1 aromatic carbocycles. The zero-order valence-corrected chi connectivity index (χ0v) is 21.6. The van der Waals surface area contributed by atoms with Crippen molar-refractivity contribution in [1.82, 2.24) is 10.0 Å². The lowest BCUT2D eigenvalue weighted by Gasteiger charge is -2.26. The summed E-state index contributed by atoms with van der Waals surface area (Å²) < 4.78 is 0.0517. The van der Waals surface area contributed by atoms with E-state index in [2.05, 4.69) is 46.5 Å². The van der Waals surface area contributed by atoms with Crippen LogP contribution in [0.15, 0.2) is 83.3 Å². The fraction of sp³-hybridized carbons (Fsp3) is 0.250. The lowest BCUT2D eigenvalue weighted by molar-refractivity contribution is -0.0994. The number of hydroxylamine groups is 2. The van der Waals surface area contributed by atoms with E-state index in [1.807, 2.05) is 36.0 Å². The third-order valence-corrected chi connectivity index (χ3v) is 8.88. The van der Waals surface area contributed by atoms with Gasteiger partial charge in [-0.05, 0) is 62.1 Å². The van der Waals surface area contributed by atoms with Crippen molar-refractivity contribution in [3.05, 3.63) is 88.7 Å². The Bertz CT molecular complexity index is 1440. The molecular weight excluding hydrogens is 488 g/mol. The highest BCUT2D eigenvalue weighted by Gasteiger charge is 2.34. The van der Waals surface area contributed by atoms with Gasteiger partial charge in [0, 0.05) is 28.7 Å². The Balaban J connectivity index is 1.22. The summed E-state index contributed by atoms with van der Waals surface area (Å²) in [4.78, 5) is 29.7. The molecule has 0 amide bonds. The number of nitrogens with one attached hydrogen (secondary N) is 1. The first-order valence-corrected chi connectivity index (χ1v) is 13.8. The Hall–Kier alpha value is -3.20. The van der Waals surface area contributed by atoms with E-state index in [0.717, 1.165) is 57.0 Å². The molecule has 2 aliphatic heterocycles. The molecule has 1 atom stereocenters. The van der Waals surface area contributed by atoms with Gasteiger partial charge in [0.05, 0.1) is 33.8 Å². The van der Waals surface area contributed by atoms with Crippen LogP contribution in [0, 0.1) is 0 Å². The van der Waals surface area contributed by atoms with Crippen LogP contribution in [0.2, 0.25) is 0 Å². The van der Waals surface area contributed by atoms with E-state index < -0.39 is 0 Å². The Morgan fingerprint density at radius 1 is 1.19 bits per heavy atom. The summed E-state index contributed by atoms with van der Waals surface area (Å²) in [7, 11) is 0. The number of anilines is 1. The van der Waals surface area contributed by atoms with Gasteiger partial charge in [-0.15, -0.1) is 28.2 Å². The molecule has 3 aliphatic rings. The summed E-state index contributed by atoms with van der Waals surface area (Å²) in [5, 5.41) is 6.47. The normalized spacial score (nSPS) is 21.9. The fourth-order valence-electron chi connectivity index (χ4n) is 4.58. The quantitative estimate of drug-likeness (QED) is 0.410. The Kier molecular flexibility index (Phi) is 6.25. The van der Waals surface area contributed by atoms with Crippen LogP contribution >= 0.6 is 23.1 Å². The standard InChI is InChI=1S/C28H26N4O2S2/c1-28-12-10-21(15-25(28)30-18-35-28)31-23-11-13-29-26-22(23)16-24(36-26)20-9-5-6-14-32(17-20)34-27(33)19-7-3-2-4-8-19/h2-4,7-11,13,15-16,18H,5-6,12,14,17H2,1H3,(H,29,31). The van der Waals surface area contributed by atoms with Gasteiger partial charge in [0.1, 0.15) is 4.83 Å². The summed E-state index contributed by atoms with van der Waals surface area (Å²) in [5.41, 5.74) is 6.87. The van der Waals surface area contributed by atoms with E-state index in [1.54, 1.807) is 40.3 Å². The molecule has 6 nitrogen and oxygen atoms in total. The minimum absolute atomic E-state index is 0.0517. The first-order valence-electron chi connectivity index (χ1n) is 12.1. The van der Waals surface area contributed by atoms with Gasteiger partial charge < -0.3 is 10.2 Å². The van der Waals surface area contributed by atoms with Crippen molar-refractivity contribution in [3.63, 3.8) is 0 Å². The van der Waals surface area contributed by atoms with E-state index in [0.29, 0.717) is 18.7 Å². The van der Waals surface area contributed by atoms with Crippen molar-refractivity contribution in [1.29, 1.82) is 0 Å². The maximum atomic E-state index is 12.6. The van der Waals surface area contributed by atoms with Gasteiger partial charge in [-0.3, -0.25) is 4.99 Å². The van der Waals surface area contributed by atoms with Crippen LogP contribution in [0.4, 0.5) is 5.69 Å². The Morgan fingerprint density at radius 2 is 2.08 bits per heavy atom. The van der Waals surface area contributed by atoms with Crippen molar-refractivity contribution in [2.75, 3.05) is 18.4 Å². The highest BCUT2D eigenvalue weighted by Crippen LogP contribution is 2.44. The number of allylic oxidation sites excluding steroid dienone is 3. The molecule has 4 heterocycles. The van der Waals surface area contributed by atoms with Crippen molar-refractivity contribution in [2.24, 2.45) is 4.99 Å². The second-order valence-corrected chi connectivity index (χ2v) is 11.6. The summed E-state index contributed by atoms with van der Waals surface area (Å²) in [6.45, 7) is 3.50. The van der Waals surface area contributed by atoms with Gasteiger partial charge in [0.15, 0.2) is 0 Å². The van der Waals surface area contributed by atoms with E-state index in [4.69, 9.17) is 4.84 Å². The highest BCUT2D eigenvalue weighted by molar-refractivity contribution is 8.13. The molecule has 36 heavy (non-hydrogen) atoms. The minimum atomic E-state index is -0.322. The van der Waals surface area contributed by atoms with Crippen LogP contribution in [0.3, 0.4) is 0 Å². The Labute approximate surface area is 218 Å². The molecule has 0 saturated carbocycles. The predicted octanol–water partition coefficient (Wildman–Crippen LogP) is 6.66. The number of benzene rings is 1. The maximum Gasteiger partial charge on any atom is 0.357 e. The third-order valence-electron chi connectivity index (χ3n) is 6.65. The highest BCUT2D eigenvalue weighted by atomic mass is 32.2. The van der Waals surface area contributed by atoms with E-state index in [-0.39, 0.29) is 10.7 Å². The van der Waals surface area contributed by atoms with Crippen LogP contribution in [0.25, 0.3) is 15.8 Å².